The van der Waals surface area contributed by atoms with E-state index in [9.17, 15) is 21.6 Å². The van der Waals surface area contributed by atoms with Crippen molar-refractivity contribution in [1.29, 1.82) is 0 Å². The number of rotatable bonds is 5. The van der Waals surface area contributed by atoms with Crippen molar-refractivity contribution in [1.82, 2.24) is 10.2 Å². The van der Waals surface area contributed by atoms with Gasteiger partial charge in [-0.1, -0.05) is 0 Å². The van der Waals surface area contributed by atoms with E-state index in [1.54, 1.807) is 0 Å². The third-order valence-corrected chi connectivity index (χ3v) is 4.59. The molecule has 134 valence electrons. The van der Waals surface area contributed by atoms with Gasteiger partial charge >= 0.3 is 0 Å². The second-order valence-corrected chi connectivity index (χ2v) is 6.80. The van der Waals surface area contributed by atoms with Crippen molar-refractivity contribution in [2.24, 2.45) is 0 Å². The van der Waals surface area contributed by atoms with Crippen LogP contribution in [0.25, 0.3) is 0 Å². The molecule has 2 aromatic carbocycles. The molecule has 0 atom stereocenters. The van der Waals surface area contributed by atoms with E-state index in [2.05, 4.69) is 20.2 Å². The fourth-order valence-corrected chi connectivity index (χ4v) is 2.98. The van der Waals surface area contributed by atoms with Gasteiger partial charge in [-0.05, 0) is 48.5 Å². The molecule has 0 aliphatic heterocycles. The molecular weight excluding hydrogens is 369 g/mol. The first-order chi connectivity index (χ1) is 12.3. The second-order valence-electron chi connectivity index (χ2n) is 5.12. The summed E-state index contributed by atoms with van der Waals surface area (Å²) in [6.45, 7) is 0. The number of nitrogens with one attached hydrogen (secondary N) is 2. The summed E-state index contributed by atoms with van der Waals surface area (Å²) in [4.78, 5) is -0.135. The maximum Gasteiger partial charge on any atom is 0.263 e. The first-order valence-corrected chi connectivity index (χ1v) is 8.66. The smallest absolute Gasteiger partial charge is 0.263 e. The minimum Gasteiger partial charge on any atom is -0.339 e. The van der Waals surface area contributed by atoms with Crippen molar-refractivity contribution >= 4 is 27.3 Å². The first kappa shape index (κ1) is 17.7. The predicted octanol–water partition coefficient (Wildman–Crippen LogP) is 3.44. The Morgan fingerprint density at radius 3 is 2.04 bits per heavy atom. The molecule has 2 N–H and O–H groups in total. The molecule has 26 heavy (non-hydrogen) atoms. The Hall–Kier alpha value is -3.14. The van der Waals surface area contributed by atoms with Gasteiger partial charge in [0.25, 0.3) is 10.0 Å². The van der Waals surface area contributed by atoms with Crippen LogP contribution in [0.15, 0.2) is 59.5 Å². The molecule has 3 aromatic rings. The zero-order valence-electron chi connectivity index (χ0n) is 12.9. The summed E-state index contributed by atoms with van der Waals surface area (Å²) in [6, 6.07) is 10.2. The third kappa shape index (κ3) is 4.09. The molecule has 0 saturated carbocycles. The number of sulfonamides is 1. The van der Waals surface area contributed by atoms with Gasteiger partial charge in [0.15, 0.2) is 23.3 Å². The molecule has 0 saturated heterocycles. The van der Waals surface area contributed by atoms with Gasteiger partial charge in [0.2, 0.25) is 0 Å². The van der Waals surface area contributed by atoms with Gasteiger partial charge < -0.3 is 5.32 Å². The van der Waals surface area contributed by atoms with Crippen LogP contribution < -0.4 is 10.0 Å². The molecule has 0 amide bonds. The van der Waals surface area contributed by atoms with E-state index in [0.717, 1.165) is 36.4 Å². The molecule has 0 unspecified atom stereocenters. The summed E-state index contributed by atoms with van der Waals surface area (Å²) in [5, 5.41) is 10.2. The summed E-state index contributed by atoms with van der Waals surface area (Å²) in [5.74, 6) is -2.43. The quantitative estimate of drug-likeness (QED) is 0.708. The highest BCUT2D eigenvalue weighted by Gasteiger charge is 2.15. The number of hydrogen-bond donors (Lipinski definition) is 2. The summed E-state index contributed by atoms with van der Waals surface area (Å²) in [6.07, 6.45) is 0. The van der Waals surface area contributed by atoms with E-state index in [1.165, 1.54) is 18.2 Å². The monoisotopic (exact) mass is 380 g/mol. The normalized spacial score (nSPS) is 11.2. The Balaban J connectivity index is 1.73. The molecule has 1 heterocycles. The molecule has 0 aliphatic rings. The van der Waals surface area contributed by atoms with Crippen LogP contribution in [0.1, 0.15) is 0 Å². The van der Waals surface area contributed by atoms with Crippen LogP contribution in [0, 0.1) is 17.5 Å². The van der Waals surface area contributed by atoms with Gasteiger partial charge in [-0.2, -0.15) is 0 Å². The zero-order chi connectivity index (χ0) is 18.7. The molecule has 0 bridgehead atoms. The van der Waals surface area contributed by atoms with Crippen LogP contribution in [-0.4, -0.2) is 18.6 Å². The minimum absolute atomic E-state index is 0.0647. The average Bonchev–Trinajstić information content (AvgIpc) is 2.60. The zero-order valence-corrected chi connectivity index (χ0v) is 13.8. The second kappa shape index (κ2) is 7.00. The van der Waals surface area contributed by atoms with Gasteiger partial charge in [-0.3, -0.25) is 4.72 Å². The van der Waals surface area contributed by atoms with Crippen molar-refractivity contribution in [3.8, 4) is 0 Å². The maximum absolute atomic E-state index is 13.2. The van der Waals surface area contributed by atoms with Crippen LogP contribution in [0.4, 0.5) is 30.5 Å². The predicted molar refractivity (Wildman–Crippen MR) is 88.9 cm³/mol. The molecule has 0 spiro atoms. The van der Waals surface area contributed by atoms with E-state index in [4.69, 9.17) is 0 Å². The highest BCUT2D eigenvalue weighted by atomic mass is 32.2. The molecule has 3 rings (SSSR count). The lowest BCUT2D eigenvalue weighted by molar-refractivity contribution is 0.509. The molecule has 1 aromatic heterocycles. The summed E-state index contributed by atoms with van der Waals surface area (Å²) in [7, 11) is -3.94. The minimum atomic E-state index is -3.94. The van der Waals surface area contributed by atoms with Crippen molar-refractivity contribution in [2.75, 3.05) is 10.0 Å². The standard InChI is InChI=1S/C16H11F3N4O2S/c17-10-1-4-12(5-2-10)26(24,25)23-16-8-7-15(21-22-16)20-11-3-6-13(18)14(19)9-11/h1-9H,(H,20,21)(H,22,23). The largest absolute Gasteiger partial charge is 0.339 e. The van der Waals surface area contributed by atoms with Gasteiger partial charge in [0.1, 0.15) is 5.82 Å². The lowest BCUT2D eigenvalue weighted by Crippen LogP contribution is -2.14. The number of nitrogens with zero attached hydrogens (tertiary/aromatic N) is 2. The lowest BCUT2D eigenvalue weighted by atomic mass is 10.3. The van der Waals surface area contributed by atoms with Crippen LogP contribution in [0.3, 0.4) is 0 Å². The number of benzene rings is 2. The highest BCUT2D eigenvalue weighted by molar-refractivity contribution is 7.92. The van der Waals surface area contributed by atoms with Crippen LogP contribution >= 0.6 is 0 Å². The molecule has 6 nitrogen and oxygen atoms in total. The number of halogens is 3. The van der Waals surface area contributed by atoms with Crippen molar-refractivity contribution in [3.05, 3.63) is 72.0 Å². The van der Waals surface area contributed by atoms with Gasteiger partial charge in [-0.15, -0.1) is 10.2 Å². The van der Waals surface area contributed by atoms with E-state index < -0.39 is 27.5 Å². The van der Waals surface area contributed by atoms with Crippen molar-refractivity contribution < 1.29 is 21.6 Å². The maximum atomic E-state index is 13.2. The van der Waals surface area contributed by atoms with Crippen LogP contribution in [-0.2, 0) is 10.0 Å². The van der Waals surface area contributed by atoms with Crippen molar-refractivity contribution in [3.63, 3.8) is 0 Å². The Kier molecular flexibility index (Phi) is 4.76. The van der Waals surface area contributed by atoms with Gasteiger partial charge in [0, 0.05) is 11.8 Å². The molecule has 0 aliphatic carbocycles. The third-order valence-electron chi connectivity index (χ3n) is 3.22. The van der Waals surface area contributed by atoms with E-state index in [1.807, 2.05) is 0 Å². The number of hydrogen-bond acceptors (Lipinski definition) is 5. The molecular formula is C16H11F3N4O2S. The Morgan fingerprint density at radius 1 is 0.769 bits per heavy atom. The fraction of sp³-hybridized carbons (Fsp3) is 0. The number of anilines is 3. The Bertz CT molecular complexity index is 1030. The molecule has 0 radical (unpaired) electrons. The van der Waals surface area contributed by atoms with Crippen LogP contribution in [0.2, 0.25) is 0 Å². The Labute approximate surface area is 146 Å². The fourth-order valence-electron chi connectivity index (χ4n) is 1.99. The summed E-state index contributed by atoms with van der Waals surface area (Å²) in [5.41, 5.74) is 0.248. The topological polar surface area (TPSA) is 84.0 Å². The average molecular weight is 380 g/mol. The van der Waals surface area contributed by atoms with E-state index in [0.29, 0.717) is 0 Å². The first-order valence-electron chi connectivity index (χ1n) is 7.18. The summed E-state index contributed by atoms with van der Waals surface area (Å²) < 4.78 is 65.5. The summed E-state index contributed by atoms with van der Waals surface area (Å²) >= 11 is 0. The SMILES string of the molecule is O=S(=O)(Nc1ccc(Nc2ccc(F)c(F)c2)nn1)c1ccc(F)cc1. The van der Waals surface area contributed by atoms with Gasteiger partial charge in [0.05, 0.1) is 4.90 Å². The highest BCUT2D eigenvalue weighted by Crippen LogP contribution is 2.19. The molecule has 10 heteroatoms. The van der Waals surface area contributed by atoms with Crippen molar-refractivity contribution in [2.45, 2.75) is 4.90 Å². The van der Waals surface area contributed by atoms with Crippen LogP contribution in [0.5, 0.6) is 0 Å². The van der Waals surface area contributed by atoms with Gasteiger partial charge in [-0.25, -0.2) is 21.6 Å². The number of aromatic nitrogens is 2. The Morgan fingerprint density at radius 2 is 1.42 bits per heavy atom. The van der Waals surface area contributed by atoms with E-state index >= 15 is 0 Å². The molecule has 0 fully saturated rings. The van der Waals surface area contributed by atoms with E-state index in [-0.39, 0.29) is 22.2 Å². The lowest BCUT2D eigenvalue weighted by Gasteiger charge is -2.08.